The molecule has 0 aliphatic carbocycles. The van der Waals surface area contributed by atoms with Gasteiger partial charge in [-0.05, 0) is 73.6 Å². The number of hydrogen-bond acceptors (Lipinski definition) is 3. The van der Waals surface area contributed by atoms with E-state index < -0.39 is 0 Å². The number of allylic oxidation sites excluding steroid dienone is 2. The molecule has 1 amide bonds. The van der Waals surface area contributed by atoms with E-state index in [1.807, 2.05) is 56.3 Å². The van der Waals surface area contributed by atoms with Crippen LogP contribution in [0.5, 0.6) is 0 Å². The molecule has 1 aromatic carbocycles. The van der Waals surface area contributed by atoms with Gasteiger partial charge in [-0.2, -0.15) is 0 Å². The number of aryl methyl sites for hydroxylation is 1. The first-order valence-electron chi connectivity index (χ1n) is 7.20. The average molecular weight is 324 g/mol. The van der Waals surface area contributed by atoms with Gasteiger partial charge >= 0.3 is 0 Å². The molecule has 1 aliphatic heterocycles. The minimum Gasteiger partial charge on any atom is -0.465 e. The highest BCUT2D eigenvalue weighted by molar-refractivity contribution is 7.80. The van der Waals surface area contributed by atoms with Crippen LogP contribution in [0.2, 0.25) is 0 Å². The number of amides is 1. The third-order valence-electron chi connectivity index (χ3n) is 3.42. The van der Waals surface area contributed by atoms with E-state index in [0.717, 1.165) is 22.6 Å². The van der Waals surface area contributed by atoms with Crippen molar-refractivity contribution in [2.45, 2.75) is 13.8 Å². The predicted molar refractivity (Wildman–Crippen MR) is 94.8 cm³/mol. The molecule has 23 heavy (non-hydrogen) atoms. The number of anilines is 1. The highest BCUT2D eigenvalue weighted by Crippen LogP contribution is 2.23. The van der Waals surface area contributed by atoms with Crippen LogP contribution in [0.4, 0.5) is 5.69 Å². The van der Waals surface area contributed by atoms with Gasteiger partial charge in [0.25, 0.3) is 5.91 Å². The summed E-state index contributed by atoms with van der Waals surface area (Å²) < 4.78 is 5.27. The second-order valence-corrected chi connectivity index (χ2v) is 5.76. The Hall–Kier alpha value is -2.66. The Morgan fingerprint density at radius 2 is 2.13 bits per heavy atom. The number of furan rings is 1. The van der Waals surface area contributed by atoms with Crippen LogP contribution in [-0.4, -0.2) is 11.0 Å². The second-order valence-electron chi connectivity index (χ2n) is 5.37. The van der Waals surface area contributed by atoms with Gasteiger partial charge in [0.15, 0.2) is 5.11 Å². The van der Waals surface area contributed by atoms with Crippen LogP contribution in [0.25, 0.3) is 6.08 Å². The molecule has 2 aromatic rings. The van der Waals surface area contributed by atoms with Gasteiger partial charge in [-0.1, -0.05) is 12.1 Å². The highest BCUT2D eigenvalue weighted by Gasteiger charge is 2.31. The lowest BCUT2D eigenvalue weighted by Crippen LogP contribution is -2.30. The third kappa shape index (κ3) is 3.24. The molecular weight excluding hydrogens is 308 g/mol. The zero-order valence-electron chi connectivity index (χ0n) is 12.9. The summed E-state index contributed by atoms with van der Waals surface area (Å²) in [5.74, 6) is 0.579. The maximum absolute atomic E-state index is 12.6. The number of carbonyl (C=O) groups is 1. The number of carbonyl (C=O) groups excluding carboxylic acids is 1. The lowest BCUT2D eigenvalue weighted by molar-refractivity contribution is -0.113. The minimum absolute atomic E-state index is 0.159. The summed E-state index contributed by atoms with van der Waals surface area (Å²) in [5.41, 5.74) is 3.19. The van der Waals surface area contributed by atoms with Gasteiger partial charge in [0, 0.05) is 0 Å². The van der Waals surface area contributed by atoms with Crippen LogP contribution < -0.4 is 10.2 Å². The maximum atomic E-state index is 12.6. The molecule has 1 aromatic heterocycles. The number of nitrogens with zero attached hydrogens (tertiary/aromatic N) is 1. The molecule has 0 radical (unpaired) electrons. The van der Waals surface area contributed by atoms with E-state index in [1.54, 1.807) is 12.3 Å². The SMILES string of the molecule is CC(=C\c1ccco1)/C=C1/NC(=S)N(c2cccc(C)c2)C1=O. The maximum Gasteiger partial charge on any atom is 0.281 e. The fourth-order valence-electron chi connectivity index (χ4n) is 2.40. The average Bonchev–Trinajstić information content (AvgIpc) is 3.08. The van der Waals surface area contributed by atoms with Crippen LogP contribution >= 0.6 is 12.2 Å². The number of benzene rings is 1. The molecule has 1 saturated heterocycles. The second kappa shape index (κ2) is 6.22. The van der Waals surface area contributed by atoms with Crippen molar-refractivity contribution in [2.24, 2.45) is 0 Å². The summed E-state index contributed by atoms with van der Waals surface area (Å²) in [7, 11) is 0. The Kier molecular flexibility index (Phi) is 4.12. The Morgan fingerprint density at radius 1 is 1.30 bits per heavy atom. The summed E-state index contributed by atoms with van der Waals surface area (Å²) in [6.07, 6.45) is 5.24. The van der Waals surface area contributed by atoms with Crippen molar-refractivity contribution in [1.82, 2.24) is 5.32 Å². The summed E-state index contributed by atoms with van der Waals surface area (Å²) in [5, 5.41) is 3.37. The summed E-state index contributed by atoms with van der Waals surface area (Å²) in [6.45, 7) is 3.89. The molecule has 0 atom stereocenters. The van der Waals surface area contributed by atoms with E-state index in [-0.39, 0.29) is 5.91 Å². The van der Waals surface area contributed by atoms with Crippen LogP contribution in [0.1, 0.15) is 18.2 Å². The van der Waals surface area contributed by atoms with Gasteiger partial charge in [0.1, 0.15) is 11.5 Å². The Morgan fingerprint density at radius 3 is 2.83 bits per heavy atom. The monoisotopic (exact) mass is 324 g/mol. The molecule has 5 heteroatoms. The number of rotatable bonds is 3. The Bertz CT molecular complexity index is 819. The topological polar surface area (TPSA) is 45.5 Å². The molecular formula is C18H16N2O2S. The number of nitrogens with one attached hydrogen (secondary N) is 1. The van der Waals surface area contributed by atoms with Gasteiger partial charge in [0.05, 0.1) is 12.0 Å². The molecule has 0 unspecified atom stereocenters. The van der Waals surface area contributed by atoms with E-state index in [4.69, 9.17) is 16.6 Å². The van der Waals surface area contributed by atoms with Crippen molar-refractivity contribution in [3.05, 3.63) is 71.3 Å². The number of thiocarbonyl (C=S) groups is 1. The summed E-state index contributed by atoms with van der Waals surface area (Å²) in [4.78, 5) is 14.1. The number of hydrogen-bond donors (Lipinski definition) is 1. The quantitative estimate of drug-likeness (QED) is 0.689. The van der Waals surface area contributed by atoms with E-state index in [2.05, 4.69) is 5.32 Å². The fourth-order valence-corrected chi connectivity index (χ4v) is 2.70. The van der Waals surface area contributed by atoms with Crippen LogP contribution in [0, 0.1) is 6.92 Å². The molecule has 0 bridgehead atoms. The van der Waals surface area contributed by atoms with E-state index in [9.17, 15) is 4.79 Å². The molecule has 4 nitrogen and oxygen atoms in total. The molecule has 1 fully saturated rings. The van der Waals surface area contributed by atoms with Crippen molar-refractivity contribution in [1.29, 1.82) is 0 Å². The molecule has 0 saturated carbocycles. The van der Waals surface area contributed by atoms with E-state index in [0.29, 0.717) is 10.8 Å². The molecule has 1 N–H and O–H groups in total. The molecule has 0 spiro atoms. The lowest BCUT2D eigenvalue weighted by Gasteiger charge is -2.14. The van der Waals surface area contributed by atoms with Crippen molar-refractivity contribution < 1.29 is 9.21 Å². The first-order valence-corrected chi connectivity index (χ1v) is 7.61. The fraction of sp³-hybridized carbons (Fsp3) is 0.111. The van der Waals surface area contributed by atoms with Crippen molar-refractivity contribution >= 4 is 35.0 Å². The third-order valence-corrected chi connectivity index (χ3v) is 3.71. The van der Waals surface area contributed by atoms with E-state index in [1.165, 1.54) is 4.90 Å². The summed E-state index contributed by atoms with van der Waals surface area (Å²) in [6, 6.07) is 11.4. The van der Waals surface area contributed by atoms with Crippen LogP contribution in [-0.2, 0) is 4.79 Å². The zero-order valence-corrected chi connectivity index (χ0v) is 13.7. The Balaban J connectivity index is 1.88. The normalized spacial score (nSPS) is 17.0. The minimum atomic E-state index is -0.159. The zero-order chi connectivity index (χ0) is 16.4. The molecule has 1 aliphatic rings. The van der Waals surface area contributed by atoms with Gasteiger partial charge in [-0.15, -0.1) is 0 Å². The van der Waals surface area contributed by atoms with Crippen molar-refractivity contribution in [3.63, 3.8) is 0 Å². The predicted octanol–water partition coefficient (Wildman–Crippen LogP) is 3.80. The largest absolute Gasteiger partial charge is 0.465 e. The van der Waals surface area contributed by atoms with Crippen LogP contribution in [0.15, 0.2) is 64.4 Å². The lowest BCUT2D eigenvalue weighted by atomic mass is 10.2. The van der Waals surface area contributed by atoms with Gasteiger partial charge in [-0.25, -0.2) is 0 Å². The highest BCUT2D eigenvalue weighted by atomic mass is 32.1. The van der Waals surface area contributed by atoms with E-state index >= 15 is 0 Å². The van der Waals surface area contributed by atoms with Gasteiger partial charge in [0.2, 0.25) is 0 Å². The van der Waals surface area contributed by atoms with Crippen molar-refractivity contribution in [2.75, 3.05) is 4.90 Å². The first-order chi connectivity index (χ1) is 11.0. The molecule has 3 rings (SSSR count). The summed E-state index contributed by atoms with van der Waals surface area (Å²) >= 11 is 5.30. The van der Waals surface area contributed by atoms with Gasteiger partial charge in [-0.3, -0.25) is 9.69 Å². The standard InChI is InChI=1S/C18H16N2O2S/c1-12-5-3-6-14(9-12)20-17(21)16(19-18(20)23)11-13(2)10-15-7-4-8-22-15/h3-11H,1-2H3,(H,19,23)/b13-10+,16-11+. The van der Waals surface area contributed by atoms with Gasteiger partial charge < -0.3 is 9.73 Å². The van der Waals surface area contributed by atoms with Crippen LogP contribution in [0.3, 0.4) is 0 Å². The molecule has 116 valence electrons. The smallest absolute Gasteiger partial charge is 0.281 e. The molecule has 2 heterocycles. The Labute approximate surface area is 140 Å². The van der Waals surface area contributed by atoms with Crippen molar-refractivity contribution in [3.8, 4) is 0 Å². The first kappa shape index (κ1) is 15.2.